The zero-order chi connectivity index (χ0) is 15.1. The van der Waals surface area contributed by atoms with Gasteiger partial charge in [-0.15, -0.1) is 11.3 Å². The predicted molar refractivity (Wildman–Crippen MR) is 87.9 cm³/mol. The molecule has 6 heteroatoms. The molecule has 0 aliphatic carbocycles. The van der Waals surface area contributed by atoms with Crippen LogP contribution in [0.1, 0.15) is 23.5 Å². The molecule has 0 aromatic carbocycles. The van der Waals surface area contributed by atoms with E-state index in [2.05, 4.69) is 29.0 Å². The summed E-state index contributed by atoms with van der Waals surface area (Å²) in [6.07, 6.45) is 0.320. The zero-order valence-corrected chi connectivity index (χ0v) is 13.5. The fraction of sp³-hybridized carbons (Fsp3) is 0.400. The van der Waals surface area contributed by atoms with Crippen LogP contribution in [0.4, 0.5) is 4.79 Å². The van der Waals surface area contributed by atoms with Gasteiger partial charge < -0.3 is 15.7 Å². The SMILES string of the molecule is C[C@@H](CNC(=O)NC[C@H](O)c1ccsc1)Cc1cccs1. The number of aliphatic hydroxyl groups excluding tert-OH is 1. The maximum atomic E-state index is 11.7. The number of aliphatic hydroxyl groups is 1. The van der Waals surface area contributed by atoms with E-state index < -0.39 is 6.10 Å². The predicted octanol–water partition coefficient (Wildman–Crippen LogP) is 3.02. The van der Waals surface area contributed by atoms with Crippen LogP contribution in [0.5, 0.6) is 0 Å². The van der Waals surface area contributed by atoms with Crippen molar-refractivity contribution in [3.63, 3.8) is 0 Å². The van der Waals surface area contributed by atoms with Crippen LogP contribution < -0.4 is 10.6 Å². The summed E-state index contributed by atoms with van der Waals surface area (Å²) in [6, 6.07) is 5.78. The van der Waals surface area contributed by atoms with Gasteiger partial charge in [0, 0.05) is 18.0 Å². The summed E-state index contributed by atoms with van der Waals surface area (Å²) < 4.78 is 0. The molecule has 2 aromatic heterocycles. The molecule has 0 saturated carbocycles. The summed E-state index contributed by atoms with van der Waals surface area (Å²) in [5, 5.41) is 21.3. The summed E-state index contributed by atoms with van der Waals surface area (Å²) in [7, 11) is 0. The maximum absolute atomic E-state index is 11.7. The number of urea groups is 1. The van der Waals surface area contributed by atoms with Gasteiger partial charge in [-0.25, -0.2) is 4.79 Å². The number of carbonyl (C=O) groups is 1. The Morgan fingerprint density at radius 3 is 2.76 bits per heavy atom. The molecule has 0 radical (unpaired) electrons. The van der Waals surface area contributed by atoms with E-state index in [4.69, 9.17) is 0 Å². The number of thiophene rings is 2. The summed E-state index contributed by atoms with van der Waals surface area (Å²) in [6.45, 7) is 2.96. The Labute approximate surface area is 132 Å². The molecule has 2 atom stereocenters. The second-order valence-corrected chi connectivity index (χ2v) is 6.86. The first-order chi connectivity index (χ1) is 10.1. The van der Waals surface area contributed by atoms with Gasteiger partial charge in [0.25, 0.3) is 0 Å². The molecule has 2 aromatic rings. The first-order valence-corrected chi connectivity index (χ1v) is 8.71. The molecule has 4 nitrogen and oxygen atoms in total. The second kappa shape index (κ2) is 8.17. The third-order valence-corrected chi connectivity index (χ3v) is 4.72. The Balaban J connectivity index is 1.63. The lowest BCUT2D eigenvalue weighted by atomic mass is 10.1. The third kappa shape index (κ3) is 5.49. The summed E-state index contributed by atoms with van der Waals surface area (Å²) >= 11 is 3.27. The highest BCUT2D eigenvalue weighted by Crippen LogP contribution is 2.15. The van der Waals surface area contributed by atoms with Gasteiger partial charge in [0.2, 0.25) is 0 Å². The highest BCUT2D eigenvalue weighted by Gasteiger charge is 2.11. The van der Waals surface area contributed by atoms with Crippen molar-refractivity contribution in [1.82, 2.24) is 10.6 Å². The van der Waals surface area contributed by atoms with E-state index in [9.17, 15) is 9.90 Å². The van der Waals surface area contributed by atoms with Crippen LogP contribution in [0.2, 0.25) is 0 Å². The quantitative estimate of drug-likeness (QED) is 0.733. The number of rotatable bonds is 7. The van der Waals surface area contributed by atoms with Crippen molar-refractivity contribution in [3.05, 3.63) is 44.8 Å². The molecule has 0 bridgehead atoms. The van der Waals surface area contributed by atoms with Crippen molar-refractivity contribution in [2.24, 2.45) is 5.92 Å². The molecule has 0 spiro atoms. The lowest BCUT2D eigenvalue weighted by Crippen LogP contribution is -2.39. The highest BCUT2D eigenvalue weighted by atomic mass is 32.1. The molecular weight excluding hydrogens is 304 g/mol. The van der Waals surface area contributed by atoms with Gasteiger partial charge in [-0.05, 0) is 46.2 Å². The van der Waals surface area contributed by atoms with Crippen LogP contribution in [0.25, 0.3) is 0 Å². The standard InChI is InChI=1S/C15H20N2O2S2/c1-11(7-13-3-2-5-21-13)8-16-15(19)17-9-14(18)12-4-6-20-10-12/h2-6,10-11,14,18H,7-9H2,1H3,(H2,16,17,19)/t11-,14+/m1/s1. The minimum atomic E-state index is -0.648. The van der Waals surface area contributed by atoms with Crippen LogP contribution in [0.15, 0.2) is 34.3 Å². The zero-order valence-electron chi connectivity index (χ0n) is 11.9. The van der Waals surface area contributed by atoms with Crippen LogP contribution in [-0.2, 0) is 6.42 Å². The molecule has 3 N–H and O–H groups in total. The summed E-state index contributed by atoms with van der Waals surface area (Å²) in [5.41, 5.74) is 0.839. The van der Waals surface area contributed by atoms with E-state index in [1.54, 1.807) is 11.3 Å². The number of hydrogen-bond acceptors (Lipinski definition) is 4. The molecule has 0 aliphatic heterocycles. The van der Waals surface area contributed by atoms with Crippen LogP contribution in [0.3, 0.4) is 0 Å². The minimum absolute atomic E-state index is 0.224. The normalized spacial score (nSPS) is 13.6. The van der Waals surface area contributed by atoms with E-state index in [0.717, 1.165) is 12.0 Å². The number of amides is 2. The van der Waals surface area contributed by atoms with Crippen molar-refractivity contribution in [1.29, 1.82) is 0 Å². The lowest BCUT2D eigenvalue weighted by molar-refractivity contribution is 0.173. The molecule has 2 heterocycles. The van der Waals surface area contributed by atoms with Crippen molar-refractivity contribution in [2.75, 3.05) is 13.1 Å². The van der Waals surface area contributed by atoms with E-state index >= 15 is 0 Å². The van der Waals surface area contributed by atoms with Crippen molar-refractivity contribution < 1.29 is 9.90 Å². The second-order valence-electron chi connectivity index (χ2n) is 5.05. The average molecular weight is 324 g/mol. The first kappa shape index (κ1) is 16.0. The average Bonchev–Trinajstić information content (AvgIpc) is 3.15. The molecule has 0 aliphatic rings. The van der Waals surface area contributed by atoms with Gasteiger partial charge in [-0.2, -0.15) is 11.3 Å². The molecule has 2 rings (SSSR count). The third-order valence-electron chi connectivity index (χ3n) is 3.12. The minimum Gasteiger partial charge on any atom is -0.387 e. The number of hydrogen-bond donors (Lipinski definition) is 3. The molecule has 0 unspecified atom stereocenters. The monoisotopic (exact) mass is 324 g/mol. The van der Waals surface area contributed by atoms with E-state index in [-0.39, 0.29) is 12.6 Å². The Bertz CT molecular complexity index is 526. The Kier molecular flexibility index (Phi) is 6.22. The molecular formula is C15H20N2O2S2. The molecule has 0 saturated heterocycles. The van der Waals surface area contributed by atoms with Crippen molar-refractivity contribution in [2.45, 2.75) is 19.4 Å². The van der Waals surface area contributed by atoms with E-state index in [0.29, 0.717) is 12.5 Å². The van der Waals surface area contributed by atoms with Gasteiger partial charge in [-0.1, -0.05) is 13.0 Å². The largest absolute Gasteiger partial charge is 0.387 e. The van der Waals surface area contributed by atoms with E-state index in [1.165, 1.54) is 16.2 Å². The lowest BCUT2D eigenvalue weighted by Gasteiger charge is -2.14. The van der Waals surface area contributed by atoms with Crippen LogP contribution in [0, 0.1) is 5.92 Å². The topological polar surface area (TPSA) is 61.4 Å². The Hall–Kier alpha value is -1.37. The van der Waals surface area contributed by atoms with Gasteiger partial charge in [0.1, 0.15) is 0 Å². The summed E-state index contributed by atoms with van der Waals surface area (Å²) in [4.78, 5) is 13.0. The van der Waals surface area contributed by atoms with Crippen LogP contribution in [-0.4, -0.2) is 24.2 Å². The molecule has 2 amide bonds. The smallest absolute Gasteiger partial charge is 0.314 e. The van der Waals surface area contributed by atoms with Crippen molar-refractivity contribution >= 4 is 28.7 Å². The molecule has 21 heavy (non-hydrogen) atoms. The fourth-order valence-electron chi connectivity index (χ4n) is 1.95. The number of nitrogens with one attached hydrogen (secondary N) is 2. The molecule has 0 fully saturated rings. The van der Waals surface area contributed by atoms with Gasteiger partial charge in [0.05, 0.1) is 6.10 Å². The Morgan fingerprint density at radius 1 is 1.29 bits per heavy atom. The van der Waals surface area contributed by atoms with Gasteiger partial charge in [-0.3, -0.25) is 0 Å². The first-order valence-electron chi connectivity index (χ1n) is 6.89. The van der Waals surface area contributed by atoms with Gasteiger partial charge >= 0.3 is 6.03 Å². The molecule has 114 valence electrons. The highest BCUT2D eigenvalue weighted by molar-refractivity contribution is 7.09. The summed E-state index contributed by atoms with van der Waals surface area (Å²) in [5.74, 6) is 0.385. The Morgan fingerprint density at radius 2 is 2.10 bits per heavy atom. The number of carbonyl (C=O) groups excluding carboxylic acids is 1. The van der Waals surface area contributed by atoms with Crippen LogP contribution >= 0.6 is 22.7 Å². The van der Waals surface area contributed by atoms with E-state index in [1.807, 2.05) is 22.9 Å². The maximum Gasteiger partial charge on any atom is 0.314 e. The van der Waals surface area contributed by atoms with Gasteiger partial charge in [0.15, 0.2) is 0 Å². The fourth-order valence-corrected chi connectivity index (χ4v) is 3.52. The van der Waals surface area contributed by atoms with Crippen molar-refractivity contribution in [3.8, 4) is 0 Å².